The van der Waals surface area contributed by atoms with Gasteiger partial charge in [0.15, 0.2) is 0 Å². The molecule has 0 saturated carbocycles. The van der Waals surface area contributed by atoms with E-state index in [1.807, 2.05) is 46.8 Å². The Kier molecular flexibility index (Phi) is 6.39. The average molecular weight is 472 g/mol. The van der Waals surface area contributed by atoms with Crippen molar-refractivity contribution in [1.82, 2.24) is 0 Å². The number of hydrogen-bond donors (Lipinski definition) is 2. The molecule has 4 rings (SSSR count). The minimum absolute atomic E-state index is 0.00137. The SMILES string of the molecule is Cc1cc(/C(O)=C2\C(=O)C(=O)N(c3cccc(C)c3C)C2c2ccc(O)cc2)ccc1OC(C)C. The molecule has 3 aromatic rings. The molecular formula is C29H29NO5. The van der Waals surface area contributed by atoms with E-state index in [0.29, 0.717) is 22.6 Å². The standard InChI is InChI=1S/C29H29NO5/c1-16(2)35-24-14-11-21(15-18(24)4)27(32)25-26(20-9-12-22(31)13-10-20)30(29(34)28(25)33)23-8-6-7-17(3)19(23)5/h6-16,26,31-32H,1-5H3/b27-25+. The van der Waals surface area contributed by atoms with E-state index in [2.05, 4.69) is 0 Å². The van der Waals surface area contributed by atoms with Crippen molar-refractivity contribution in [3.8, 4) is 11.5 Å². The van der Waals surface area contributed by atoms with Crippen LogP contribution in [0.4, 0.5) is 5.69 Å². The second-order valence-corrected chi connectivity index (χ2v) is 9.13. The first-order valence-electron chi connectivity index (χ1n) is 11.5. The first kappa shape index (κ1) is 24.1. The Labute approximate surface area is 205 Å². The number of rotatable bonds is 5. The molecule has 0 spiro atoms. The Balaban J connectivity index is 1.92. The molecule has 1 heterocycles. The average Bonchev–Trinajstić information content (AvgIpc) is 3.07. The lowest BCUT2D eigenvalue weighted by Crippen LogP contribution is -2.30. The quantitative estimate of drug-likeness (QED) is 0.282. The topological polar surface area (TPSA) is 87.1 Å². The van der Waals surface area contributed by atoms with Crippen molar-refractivity contribution in [1.29, 1.82) is 0 Å². The van der Waals surface area contributed by atoms with Gasteiger partial charge < -0.3 is 14.9 Å². The molecule has 1 fully saturated rings. The maximum absolute atomic E-state index is 13.4. The highest BCUT2D eigenvalue weighted by Crippen LogP contribution is 2.44. The third kappa shape index (κ3) is 4.39. The first-order chi connectivity index (χ1) is 16.6. The number of anilines is 1. The number of aliphatic hydroxyl groups excluding tert-OH is 1. The number of aromatic hydroxyl groups is 1. The highest BCUT2D eigenvalue weighted by atomic mass is 16.5. The van der Waals surface area contributed by atoms with Gasteiger partial charge in [-0.25, -0.2) is 0 Å². The summed E-state index contributed by atoms with van der Waals surface area (Å²) >= 11 is 0. The van der Waals surface area contributed by atoms with Gasteiger partial charge in [-0.3, -0.25) is 14.5 Å². The number of hydrogen-bond acceptors (Lipinski definition) is 5. The number of phenolic OH excluding ortho intramolecular Hbond substituents is 1. The predicted molar refractivity (Wildman–Crippen MR) is 136 cm³/mol. The van der Waals surface area contributed by atoms with Crippen molar-refractivity contribution in [2.45, 2.75) is 46.8 Å². The summed E-state index contributed by atoms with van der Waals surface area (Å²) in [4.78, 5) is 28.2. The largest absolute Gasteiger partial charge is 0.508 e. The number of nitrogens with zero attached hydrogens (tertiary/aromatic N) is 1. The van der Waals surface area contributed by atoms with Crippen LogP contribution in [0.15, 0.2) is 66.2 Å². The molecule has 0 aliphatic carbocycles. The number of ether oxygens (including phenoxy) is 1. The Bertz CT molecular complexity index is 1340. The summed E-state index contributed by atoms with van der Waals surface area (Å²) < 4.78 is 5.79. The first-order valence-corrected chi connectivity index (χ1v) is 11.5. The summed E-state index contributed by atoms with van der Waals surface area (Å²) in [6.45, 7) is 9.56. The Morgan fingerprint density at radius 3 is 2.26 bits per heavy atom. The van der Waals surface area contributed by atoms with E-state index < -0.39 is 17.7 Å². The van der Waals surface area contributed by atoms with Crippen LogP contribution >= 0.6 is 0 Å². The third-order valence-corrected chi connectivity index (χ3v) is 6.30. The smallest absolute Gasteiger partial charge is 0.300 e. The van der Waals surface area contributed by atoms with Crippen molar-refractivity contribution in [3.63, 3.8) is 0 Å². The maximum Gasteiger partial charge on any atom is 0.300 e. The van der Waals surface area contributed by atoms with Gasteiger partial charge in [-0.05, 0) is 93.3 Å². The molecule has 0 aromatic heterocycles. The number of aliphatic hydroxyl groups is 1. The molecule has 6 heteroatoms. The summed E-state index contributed by atoms with van der Waals surface area (Å²) in [5.74, 6) is -0.985. The molecular weight excluding hydrogens is 442 g/mol. The number of benzene rings is 3. The minimum atomic E-state index is -0.858. The van der Waals surface area contributed by atoms with E-state index in [1.165, 1.54) is 17.0 Å². The Morgan fingerprint density at radius 2 is 1.63 bits per heavy atom. The van der Waals surface area contributed by atoms with Gasteiger partial charge in [0.05, 0.1) is 17.7 Å². The van der Waals surface area contributed by atoms with Crippen molar-refractivity contribution < 1.29 is 24.5 Å². The molecule has 1 saturated heterocycles. The molecule has 180 valence electrons. The third-order valence-electron chi connectivity index (χ3n) is 6.30. The monoisotopic (exact) mass is 471 g/mol. The van der Waals surface area contributed by atoms with Gasteiger partial charge in [-0.1, -0.05) is 24.3 Å². The van der Waals surface area contributed by atoms with Gasteiger partial charge in [0, 0.05) is 11.3 Å². The van der Waals surface area contributed by atoms with Crippen LogP contribution in [-0.2, 0) is 9.59 Å². The molecule has 1 aliphatic rings. The second-order valence-electron chi connectivity index (χ2n) is 9.13. The fourth-order valence-corrected chi connectivity index (χ4v) is 4.39. The number of carbonyl (C=O) groups is 2. The van der Waals surface area contributed by atoms with Gasteiger partial charge in [0.2, 0.25) is 0 Å². The fourth-order valence-electron chi connectivity index (χ4n) is 4.39. The summed E-state index contributed by atoms with van der Waals surface area (Å²) in [5.41, 5.74) is 4.25. The van der Waals surface area contributed by atoms with Crippen LogP contribution in [0.5, 0.6) is 11.5 Å². The van der Waals surface area contributed by atoms with E-state index in [0.717, 1.165) is 16.7 Å². The van der Waals surface area contributed by atoms with E-state index >= 15 is 0 Å². The van der Waals surface area contributed by atoms with Crippen LogP contribution in [0.2, 0.25) is 0 Å². The molecule has 1 aliphatic heterocycles. The van der Waals surface area contributed by atoms with E-state index in [4.69, 9.17) is 4.74 Å². The van der Waals surface area contributed by atoms with E-state index in [9.17, 15) is 19.8 Å². The zero-order valence-corrected chi connectivity index (χ0v) is 20.5. The zero-order valence-electron chi connectivity index (χ0n) is 20.5. The van der Waals surface area contributed by atoms with Crippen LogP contribution in [0.25, 0.3) is 5.76 Å². The molecule has 1 amide bonds. The normalized spacial score (nSPS) is 17.3. The zero-order chi connectivity index (χ0) is 25.4. The van der Waals surface area contributed by atoms with Crippen LogP contribution in [-0.4, -0.2) is 28.0 Å². The van der Waals surface area contributed by atoms with Crippen molar-refractivity contribution >= 4 is 23.1 Å². The highest BCUT2D eigenvalue weighted by Gasteiger charge is 2.47. The number of Topliss-reactive ketones (excluding diaryl/α,β-unsaturated/α-hetero) is 1. The maximum atomic E-state index is 13.4. The van der Waals surface area contributed by atoms with Gasteiger partial charge in [-0.15, -0.1) is 0 Å². The molecule has 0 radical (unpaired) electrons. The van der Waals surface area contributed by atoms with Crippen molar-refractivity contribution in [2.24, 2.45) is 0 Å². The van der Waals surface area contributed by atoms with Gasteiger partial charge in [0.25, 0.3) is 11.7 Å². The second kappa shape index (κ2) is 9.29. The van der Waals surface area contributed by atoms with Crippen LogP contribution in [0.1, 0.15) is 47.7 Å². The highest BCUT2D eigenvalue weighted by molar-refractivity contribution is 6.51. The number of phenols is 1. The van der Waals surface area contributed by atoms with Gasteiger partial charge in [-0.2, -0.15) is 0 Å². The molecule has 3 aromatic carbocycles. The number of aryl methyl sites for hydroxylation is 2. The molecule has 6 nitrogen and oxygen atoms in total. The predicted octanol–water partition coefficient (Wildman–Crippen LogP) is 5.73. The van der Waals surface area contributed by atoms with Crippen LogP contribution in [0, 0.1) is 20.8 Å². The number of ketones is 1. The van der Waals surface area contributed by atoms with E-state index in [-0.39, 0.29) is 23.2 Å². The van der Waals surface area contributed by atoms with Crippen molar-refractivity contribution in [3.05, 3.63) is 94.1 Å². The molecule has 1 unspecified atom stereocenters. The minimum Gasteiger partial charge on any atom is -0.508 e. The summed E-state index contributed by atoms with van der Waals surface area (Å²) in [6, 6.07) is 16.2. The number of amides is 1. The lowest BCUT2D eigenvalue weighted by Gasteiger charge is -2.27. The van der Waals surface area contributed by atoms with Crippen LogP contribution < -0.4 is 9.64 Å². The summed E-state index contributed by atoms with van der Waals surface area (Å²) in [7, 11) is 0. The Hall–Kier alpha value is -4.06. The van der Waals surface area contributed by atoms with Gasteiger partial charge >= 0.3 is 0 Å². The lowest BCUT2D eigenvalue weighted by atomic mass is 9.94. The van der Waals surface area contributed by atoms with E-state index in [1.54, 1.807) is 36.4 Å². The molecule has 0 bridgehead atoms. The van der Waals surface area contributed by atoms with Gasteiger partial charge in [0.1, 0.15) is 17.3 Å². The molecule has 35 heavy (non-hydrogen) atoms. The number of carbonyl (C=O) groups excluding carboxylic acids is 2. The summed E-state index contributed by atoms with van der Waals surface area (Å²) in [5, 5.41) is 21.2. The molecule has 1 atom stereocenters. The Morgan fingerprint density at radius 1 is 0.943 bits per heavy atom. The summed E-state index contributed by atoms with van der Waals surface area (Å²) in [6.07, 6.45) is -0.00876. The van der Waals surface area contributed by atoms with Crippen LogP contribution in [0.3, 0.4) is 0 Å². The van der Waals surface area contributed by atoms with Crippen molar-refractivity contribution in [2.75, 3.05) is 4.90 Å². The fraction of sp³-hybridized carbons (Fsp3) is 0.241. The lowest BCUT2D eigenvalue weighted by molar-refractivity contribution is -0.132. The molecule has 2 N–H and O–H groups in total.